The first-order valence-corrected chi connectivity index (χ1v) is 5.07. The van der Waals surface area contributed by atoms with E-state index in [0.29, 0.717) is 11.6 Å². The van der Waals surface area contributed by atoms with Crippen LogP contribution in [0.3, 0.4) is 0 Å². The van der Waals surface area contributed by atoms with Gasteiger partial charge in [-0.15, -0.1) is 0 Å². The molecule has 0 aliphatic heterocycles. The summed E-state index contributed by atoms with van der Waals surface area (Å²) in [6, 6.07) is 6.87. The second kappa shape index (κ2) is 6.19. The average Bonchev–Trinajstić information content (AvgIpc) is 2.34. The van der Waals surface area contributed by atoms with Crippen molar-refractivity contribution in [3.63, 3.8) is 0 Å². The highest BCUT2D eigenvalue weighted by atomic mass is 16.4. The van der Waals surface area contributed by atoms with Crippen molar-refractivity contribution < 1.29 is 19.5 Å². The zero-order valence-corrected chi connectivity index (χ0v) is 9.64. The molecular weight excluding hydrogens is 236 g/mol. The van der Waals surface area contributed by atoms with Crippen LogP contribution in [0.2, 0.25) is 0 Å². The Bertz CT molecular complexity index is 509. The fraction of sp³-hybridized carbons (Fsp3) is 0.0833. The lowest BCUT2D eigenvalue weighted by Gasteiger charge is -2.07. The van der Waals surface area contributed by atoms with Gasteiger partial charge in [-0.2, -0.15) is 0 Å². The highest BCUT2D eigenvalue weighted by molar-refractivity contribution is 5.99. The zero-order valence-electron chi connectivity index (χ0n) is 9.64. The predicted molar refractivity (Wildman–Crippen MR) is 63.6 cm³/mol. The maximum Gasteiger partial charge on any atom is 0.328 e. The molecule has 6 nitrogen and oxygen atoms in total. The second-order valence-electron chi connectivity index (χ2n) is 3.43. The molecule has 1 rings (SSSR count). The van der Waals surface area contributed by atoms with Gasteiger partial charge in [-0.05, 0) is 18.6 Å². The average molecular weight is 248 g/mol. The molecule has 0 unspecified atom stereocenters. The number of rotatable bonds is 3. The molecule has 94 valence electrons. The van der Waals surface area contributed by atoms with Crippen LogP contribution in [0, 0.1) is 6.92 Å². The van der Waals surface area contributed by atoms with Gasteiger partial charge in [-0.1, -0.05) is 18.2 Å². The molecule has 0 atom stereocenters. The van der Waals surface area contributed by atoms with Crippen molar-refractivity contribution in [2.75, 3.05) is 0 Å². The van der Waals surface area contributed by atoms with Crippen molar-refractivity contribution in [2.45, 2.75) is 6.92 Å². The Hall–Kier alpha value is -2.63. The van der Waals surface area contributed by atoms with Crippen LogP contribution >= 0.6 is 0 Å². The van der Waals surface area contributed by atoms with Crippen LogP contribution in [0.1, 0.15) is 15.9 Å². The Kier molecular flexibility index (Phi) is 4.62. The van der Waals surface area contributed by atoms with E-state index in [4.69, 9.17) is 5.11 Å². The zero-order chi connectivity index (χ0) is 13.5. The summed E-state index contributed by atoms with van der Waals surface area (Å²) >= 11 is 0. The molecule has 0 aromatic heterocycles. The van der Waals surface area contributed by atoms with E-state index in [2.05, 4.69) is 10.9 Å². The molecule has 0 fully saturated rings. The smallest absolute Gasteiger partial charge is 0.328 e. The van der Waals surface area contributed by atoms with Crippen molar-refractivity contribution in [3.8, 4) is 0 Å². The van der Waals surface area contributed by atoms with E-state index in [1.54, 1.807) is 31.2 Å². The Morgan fingerprint density at radius 2 is 1.78 bits per heavy atom. The van der Waals surface area contributed by atoms with E-state index < -0.39 is 17.8 Å². The molecule has 0 radical (unpaired) electrons. The highest BCUT2D eigenvalue weighted by Gasteiger charge is 2.08. The fourth-order valence-electron chi connectivity index (χ4n) is 1.20. The molecule has 0 spiro atoms. The summed E-state index contributed by atoms with van der Waals surface area (Å²) in [4.78, 5) is 32.9. The normalized spacial score (nSPS) is 10.1. The predicted octanol–water partition coefficient (Wildman–Crippen LogP) is 0.397. The van der Waals surface area contributed by atoms with E-state index in [0.717, 1.165) is 11.6 Å². The minimum Gasteiger partial charge on any atom is -0.478 e. The Balaban J connectivity index is 2.55. The molecule has 0 saturated carbocycles. The number of hydrogen-bond acceptors (Lipinski definition) is 3. The monoisotopic (exact) mass is 248 g/mol. The molecular formula is C12H12N2O4. The minimum atomic E-state index is -1.24. The first kappa shape index (κ1) is 13.4. The quantitative estimate of drug-likeness (QED) is 0.533. The van der Waals surface area contributed by atoms with Crippen LogP contribution in [0.15, 0.2) is 36.4 Å². The summed E-state index contributed by atoms with van der Waals surface area (Å²) in [5, 5.41) is 8.30. The number of carbonyl (C=O) groups excluding carboxylic acids is 2. The van der Waals surface area contributed by atoms with Crippen molar-refractivity contribution in [2.24, 2.45) is 0 Å². The first-order chi connectivity index (χ1) is 8.50. The molecule has 1 aromatic carbocycles. The third-order valence-electron chi connectivity index (χ3n) is 2.07. The molecule has 0 aliphatic carbocycles. The summed E-state index contributed by atoms with van der Waals surface area (Å²) in [5.41, 5.74) is 5.45. The van der Waals surface area contributed by atoms with Crippen molar-refractivity contribution in [1.82, 2.24) is 10.9 Å². The third-order valence-corrected chi connectivity index (χ3v) is 2.07. The fourth-order valence-corrected chi connectivity index (χ4v) is 1.20. The molecule has 2 amide bonds. The van der Waals surface area contributed by atoms with Crippen LogP contribution in [-0.2, 0) is 9.59 Å². The summed E-state index contributed by atoms with van der Waals surface area (Å²) in [6.07, 6.45) is 1.48. The maximum atomic E-state index is 11.6. The van der Waals surface area contributed by atoms with Gasteiger partial charge in [0.05, 0.1) is 0 Å². The number of carboxylic acid groups (broad SMARTS) is 1. The number of nitrogens with one attached hydrogen (secondary N) is 2. The van der Waals surface area contributed by atoms with Gasteiger partial charge >= 0.3 is 5.97 Å². The van der Waals surface area contributed by atoms with E-state index in [1.807, 2.05) is 0 Å². The molecule has 3 N–H and O–H groups in total. The second-order valence-corrected chi connectivity index (χ2v) is 3.43. The Morgan fingerprint density at radius 3 is 2.39 bits per heavy atom. The number of hydrazine groups is 1. The van der Waals surface area contributed by atoms with Gasteiger partial charge in [-0.3, -0.25) is 20.4 Å². The van der Waals surface area contributed by atoms with Gasteiger partial charge in [0.1, 0.15) is 0 Å². The molecule has 0 aliphatic rings. The summed E-state index contributed by atoms with van der Waals surface area (Å²) < 4.78 is 0. The maximum absolute atomic E-state index is 11.6. The van der Waals surface area contributed by atoms with Crippen molar-refractivity contribution in [3.05, 3.63) is 47.5 Å². The lowest BCUT2D eigenvalue weighted by Crippen LogP contribution is -2.41. The molecule has 6 heteroatoms. The van der Waals surface area contributed by atoms with Gasteiger partial charge in [0, 0.05) is 17.7 Å². The molecule has 0 bridgehead atoms. The topological polar surface area (TPSA) is 95.5 Å². The first-order valence-electron chi connectivity index (χ1n) is 5.07. The number of amides is 2. The number of carbonyl (C=O) groups is 3. The van der Waals surface area contributed by atoms with Crippen molar-refractivity contribution >= 4 is 17.8 Å². The molecule has 0 saturated heterocycles. The van der Waals surface area contributed by atoms with Crippen LogP contribution in [0.5, 0.6) is 0 Å². The lowest BCUT2D eigenvalue weighted by atomic mass is 10.1. The number of benzene rings is 1. The Morgan fingerprint density at radius 1 is 1.11 bits per heavy atom. The number of carboxylic acids is 1. The van der Waals surface area contributed by atoms with Gasteiger partial charge in [0.25, 0.3) is 11.8 Å². The number of aliphatic carboxylic acids is 1. The van der Waals surface area contributed by atoms with Gasteiger partial charge < -0.3 is 5.11 Å². The summed E-state index contributed by atoms with van der Waals surface area (Å²) in [6.45, 7) is 1.76. The van der Waals surface area contributed by atoms with E-state index >= 15 is 0 Å². The van der Waals surface area contributed by atoms with E-state index in [-0.39, 0.29) is 0 Å². The van der Waals surface area contributed by atoms with Crippen LogP contribution in [0.25, 0.3) is 0 Å². The lowest BCUT2D eigenvalue weighted by molar-refractivity contribution is -0.131. The number of hydrogen-bond donors (Lipinski definition) is 3. The minimum absolute atomic E-state index is 0.431. The molecule has 0 heterocycles. The summed E-state index contributed by atoms with van der Waals surface area (Å²) in [5.74, 6) is -2.43. The van der Waals surface area contributed by atoms with Gasteiger partial charge in [-0.25, -0.2) is 4.79 Å². The summed E-state index contributed by atoms with van der Waals surface area (Å²) in [7, 11) is 0. The third kappa shape index (κ3) is 4.09. The highest BCUT2D eigenvalue weighted by Crippen LogP contribution is 2.05. The largest absolute Gasteiger partial charge is 0.478 e. The van der Waals surface area contributed by atoms with E-state index in [9.17, 15) is 14.4 Å². The van der Waals surface area contributed by atoms with E-state index in [1.165, 1.54) is 0 Å². The molecule has 18 heavy (non-hydrogen) atoms. The van der Waals surface area contributed by atoms with Gasteiger partial charge in [0.2, 0.25) is 0 Å². The Labute approximate surface area is 103 Å². The van der Waals surface area contributed by atoms with Crippen LogP contribution in [-0.4, -0.2) is 22.9 Å². The molecule has 1 aromatic rings. The van der Waals surface area contributed by atoms with Crippen LogP contribution < -0.4 is 10.9 Å². The standard InChI is InChI=1S/C12H12N2O4/c1-8-4-2-3-5-9(8)12(18)14-13-10(15)6-7-11(16)17/h2-7H,1H3,(H,13,15)(H,14,18)(H,16,17)/b7-6-. The van der Waals surface area contributed by atoms with Crippen molar-refractivity contribution in [1.29, 1.82) is 0 Å². The SMILES string of the molecule is Cc1ccccc1C(=O)NNC(=O)/C=C\C(=O)O. The van der Waals surface area contributed by atoms with Crippen LogP contribution in [0.4, 0.5) is 0 Å². The van der Waals surface area contributed by atoms with Gasteiger partial charge in [0.15, 0.2) is 0 Å². The number of aryl methyl sites for hydroxylation is 1.